The van der Waals surface area contributed by atoms with Gasteiger partial charge in [0.1, 0.15) is 38.7 Å². The number of pyridine rings is 1. The van der Waals surface area contributed by atoms with Crippen molar-refractivity contribution < 1.29 is 17.2 Å². The molecule has 2 aromatic carbocycles. The zero-order chi connectivity index (χ0) is 26.4. The van der Waals surface area contributed by atoms with Gasteiger partial charge in [-0.1, -0.05) is 0 Å². The minimum absolute atomic E-state index is 0.0966. The largest absolute Gasteiger partial charge is 0.337 e. The van der Waals surface area contributed by atoms with Crippen LogP contribution >= 0.6 is 0 Å². The molecule has 0 aliphatic rings. The summed E-state index contributed by atoms with van der Waals surface area (Å²) in [7, 11) is -3.21. The average molecular weight is 532 g/mol. The smallest absolute Gasteiger partial charge is 0.157 e. The van der Waals surface area contributed by atoms with Crippen LogP contribution in [0.1, 0.15) is 5.56 Å². The Kier molecular flexibility index (Phi) is 5.68. The molecule has 0 saturated heterocycles. The van der Waals surface area contributed by atoms with Crippen LogP contribution in [0.3, 0.4) is 0 Å². The molecule has 0 unspecified atom stereocenters. The van der Waals surface area contributed by atoms with Crippen molar-refractivity contribution >= 4 is 31.8 Å². The molecule has 0 aliphatic heterocycles. The maximum Gasteiger partial charge on any atom is 0.157 e. The summed E-state index contributed by atoms with van der Waals surface area (Å²) < 4.78 is 52.6. The fraction of sp³-hybridized carbons (Fsp3) is 0.115. The summed E-state index contributed by atoms with van der Waals surface area (Å²) in [6.45, 7) is 0. The van der Waals surface area contributed by atoms with Crippen LogP contribution in [0.15, 0.2) is 61.3 Å². The van der Waals surface area contributed by atoms with Crippen molar-refractivity contribution in [2.75, 3.05) is 12.0 Å². The number of benzene rings is 2. The van der Waals surface area contributed by atoms with E-state index in [1.807, 2.05) is 0 Å². The fourth-order valence-corrected chi connectivity index (χ4v) is 4.98. The Hall–Kier alpha value is -4.58. The van der Waals surface area contributed by atoms with Crippen molar-refractivity contribution in [3.8, 4) is 33.9 Å². The summed E-state index contributed by atoms with van der Waals surface area (Å²) >= 11 is 0. The first kappa shape index (κ1) is 23.8. The minimum Gasteiger partial charge on any atom is -0.337 e. The van der Waals surface area contributed by atoms with Gasteiger partial charge in [-0.2, -0.15) is 5.10 Å². The van der Waals surface area contributed by atoms with Crippen molar-refractivity contribution in [2.45, 2.75) is 6.42 Å². The number of hydrogen-bond acceptors (Lipinski definition) is 7. The Morgan fingerprint density at radius 1 is 0.947 bits per heavy atom. The second kappa shape index (κ2) is 9.06. The van der Waals surface area contributed by atoms with E-state index in [0.29, 0.717) is 55.9 Å². The molecule has 12 heteroatoms. The topological polar surface area (TPSA) is 130 Å². The molecule has 0 atom stereocenters. The first-order chi connectivity index (χ1) is 18.2. The van der Waals surface area contributed by atoms with Gasteiger partial charge >= 0.3 is 0 Å². The Balaban J connectivity index is 1.46. The molecule has 0 bridgehead atoms. The third-order valence-corrected chi connectivity index (χ3v) is 7.08. The van der Waals surface area contributed by atoms with Crippen molar-refractivity contribution in [1.29, 1.82) is 0 Å². The summed E-state index contributed by atoms with van der Waals surface area (Å²) in [6, 6.07) is 9.23. The van der Waals surface area contributed by atoms with Crippen LogP contribution in [-0.4, -0.2) is 55.5 Å². The van der Waals surface area contributed by atoms with Crippen LogP contribution in [0.5, 0.6) is 0 Å². The SMILES string of the molecule is CS(=O)(=O)CCc1cc(F)cc(-c2nccc3[nH]c(-c4[nH]nc5c(F)cc(-c6cncnc6)cc45)nc23)c1. The first-order valence-electron chi connectivity index (χ1n) is 11.5. The Morgan fingerprint density at radius 2 is 1.76 bits per heavy atom. The minimum atomic E-state index is -3.21. The molecule has 6 rings (SSSR count). The van der Waals surface area contributed by atoms with Crippen LogP contribution in [0.25, 0.3) is 55.8 Å². The van der Waals surface area contributed by atoms with Crippen LogP contribution in [0.4, 0.5) is 8.78 Å². The third-order valence-electron chi connectivity index (χ3n) is 6.14. The van der Waals surface area contributed by atoms with Gasteiger partial charge in [0.2, 0.25) is 0 Å². The normalized spacial score (nSPS) is 12.0. The predicted molar refractivity (Wildman–Crippen MR) is 139 cm³/mol. The van der Waals surface area contributed by atoms with Crippen LogP contribution in [-0.2, 0) is 16.3 Å². The van der Waals surface area contributed by atoms with E-state index in [-0.39, 0.29) is 17.7 Å². The number of nitrogens with zero attached hydrogens (tertiary/aromatic N) is 5. The van der Waals surface area contributed by atoms with E-state index in [9.17, 15) is 17.2 Å². The van der Waals surface area contributed by atoms with E-state index < -0.39 is 21.5 Å². The molecule has 4 aromatic heterocycles. The van der Waals surface area contributed by atoms with Gasteiger partial charge in [0.25, 0.3) is 0 Å². The standard InChI is InChI=1S/C26H19F2N7O2S/c1-38(36,37)5-3-14-6-16(8-18(27)7-14)22-25-21(2-4-31-22)32-26(33-25)24-19-9-15(17-11-29-13-30-12-17)10-20(28)23(19)34-35-24/h2,4,6-13H,3,5H2,1H3,(H,32,33)(H,34,35). The number of H-pyrrole nitrogens is 2. The number of halogens is 2. The number of aromatic amines is 2. The van der Waals surface area contributed by atoms with Gasteiger partial charge < -0.3 is 4.98 Å². The lowest BCUT2D eigenvalue weighted by Gasteiger charge is -2.06. The maximum absolute atomic E-state index is 14.9. The number of imidazole rings is 1. The highest BCUT2D eigenvalue weighted by atomic mass is 32.2. The quantitative estimate of drug-likeness (QED) is 0.324. The molecule has 9 nitrogen and oxygen atoms in total. The van der Waals surface area contributed by atoms with Crippen LogP contribution in [0, 0.1) is 11.6 Å². The number of fused-ring (bicyclic) bond motifs is 2. The van der Waals surface area contributed by atoms with Gasteiger partial charge in [-0.25, -0.2) is 32.2 Å². The van der Waals surface area contributed by atoms with Gasteiger partial charge in [0.15, 0.2) is 11.6 Å². The highest BCUT2D eigenvalue weighted by Crippen LogP contribution is 2.33. The second-order valence-corrected chi connectivity index (χ2v) is 11.2. The number of nitrogens with one attached hydrogen (secondary N) is 2. The highest BCUT2D eigenvalue weighted by molar-refractivity contribution is 7.90. The average Bonchev–Trinajstić information content (AvgIpc) is 3.51. The van der Waals surface area contributed by atoms with Crippen LogP contribution in [0.2, 0.25) is 0 Å². The molecule has 4 heterocycles. The predicted octanol–water partition coefficient (Wildman–Crippen LogP) is 4.49. The Bertz CT molecular complexity index is 1940. The summed E-state index contributed by atoms with van der Waals surface area (Å²) in [5, 5.41) is 7.51. The van der Waals surface area contributed by atoms with Crippen molar-refractivity contribution in [1.82, 2.24) is 35.1 Å². The van der Waals surface area contributed by atoms with Gasteiger partial charge in [-0.05, 0) is 53.9 Å². The highest BCUT2D eigenvalue weighted by Gasteiger charge is 2.19. The Labute approximate surface area is 215 Å². The lowest BCUT2D eigenvalue weighted by Crippen LogP contribution is -2.06. The molecule has 2 N–H and O–H groups in total. The molecular formula is C26H19F2N7O2S. The molecule has 190 valence electrons. The molecule has 0 saturated carbocycles. The van der Waals surface area contributed by atoms with Crippen molar-refractivity contribution in [3.05, 3.63) is 78.5 Å². The molecule has 38 heavy (non-hydrogen) atoms. The second-order valence-electron chi connectivity index (χ2n) is 8.95. The molecule has 0 aliphatic carbocycles. The first-order valence-corrected chi connectivity index (χ1v) is 13.6. The van der Waals surface area contributed by atoms with Gasteiger partial charge in [-0.15, -0.1) is 0 Å². The summed E-state index contributed by atoms with van der Waals surface area (Å²) in [5.74, 6) is -0.719. The molecule has 0 fully saturated rings. The fourth-order valence-electron chi connectivity index (χ4n) is 4.37. The monoisotopic (exact) mass is 531 g/mol. The molecule has 6 aromatic rings. The number of rotatable bonds is 6. The molecule has 0 spiro atoms. The number of aromatic nitrogens is 7. The maximum atomic E-state index is 14.9. The van der Waals surface area contributed by atoms with Crippen molar-refractivity contribution in [3.63, 3.8) is 0 Å². The summed E-state index contributed by atoms with van der Waals surface area (Å²) in [4.78, 5) is 20.3. The van der Waals surface area contributed by atoms with Gasteiger partial charge in [0.05, 0.1) is 17.0 Å². The van der Waals surface area contributed by atoms with E-state index in [2.05, 4.69) is 30.1 Å². The molecular weight excluding hydrogens is 512 g/mol. The van der Waals surface area contributed by atoms with E-state index in [1.165, 1.54) is 24.5 Å². The van der Waals surface area contributed by atoms with E-state index in [4.69, 9.17) is 4.98 Å². The zero-order valence-electron chi connectivity index (χ0n) is 19.9. The van der Waals surface area contributed by atoms with Crippen molar-refractivity contribution in [2.24, 2.45) is 0 Å². The van der Waals surface area contributed by atoms with E-state index in [1.54, 1.807) is 36.8 Å². The van der Waals surface area contributed by atoms with Gasteiger partial charge in [0, 0.05) is 41.4 Å². The van der Waals surface area contributed by atoms with Gasteiger partial charge in [-0.3, -0.25) is 10.1 Å². The van der Waals surface area contributed by atoms with E-state index in [0.717, 1.165) is 6.26 Å². The molecule has 0 amide bonds. The lowest BCUT2D eigenvalue weighted by atomic mass is 10.0. The number of hydrogen-bond donors (Lipinski definition) is 2. The lowest BCUT2D eigenvalue weighted by molar-refractivity contribution is 0.600. The number of sulfone groups is 1. The van der Waals surface area contributed by atoms with E-state index >= 15 is 0 Å². The zero-order valence-corrected chi connectivity index (χ0v) is 20.7. The van der Waals surface area contributed by atoms with Crippen LogP contribution < -0.4 is 0 Å². The number of aryl methyl sites for hydroxylation is 1. The summed E-state index contributed by atoms with van der Waals surface area (Å²) in [6.07, 6.45) is 7.47. The molecule has 0 radical (unpaired) electrons. The third kappa shape index (κ3) is 4.50. The summed E-state index contributed by atoms with van der Waals surface area (Å²) in [5.41, 5.74) is 4.36. The Morgan fingerprint density at radius 3 is 2.55 bits per heavy atom.